The van der Waals surface area contributed by atoms with Gasteiger partial charge in [0.15, 0.2) is 0 Å². The molecule has 8 heteroatoms. The minimum absolute atomic E-state index is 0.497. The Morgan fingerprint density at radius 1 is 1.30 bits per heavy atom. The molecule has 8 nitrogen and oxygen atoms in total. The maximum atomic E-state index is 10.7. The van der Waals surface area contributed by atoms with Gasteiger partial charge in [-0.3, -0.25) is 9.59 Å². The zero-order chi connectivity index (χ0) is 17.4. The van der Waals surface area contributed by atoms with Gasteiger partial charge in [-0.1, -0.05) is 30.3 Å². The van der Waals surface area contributed by atoms with Crippen molar-refractivity contribution in [3.05, 3.63) is 35.9 Å². The van der Waals surface area contributed by atoms with E-state index in [9.17, 15) is 19.8 Å². The molecule has 0 amide bonds. The highest BCUT2D eigenvalue weighted by Crippen LogP contribution is 2.20. The van der Waals surface area contributed by atoms with Crippen molar-refractivity contribution in [2.24, 2.45) is 5.73 Å². The normalized spacial score (nSPS) is 29.9. The van der Waals surface area contributed by atoms with Gasteiger partial charge in [-0.2, -0.15) is 0 Å². The fourth-order valence-electron chi connectivity index (χ4n) is 1.90. The van der Waals surface area contributed by atoms with Gasteiger partial charge in [0.25, 0.3) is 0 Å². The number of ether oxygens (including phenoxy) is 2. The van der Waals surface area contributed by atoms with Crippen molar-refractivity contribution < 1.29 is 34.4 Å². The van der Waals surface area contributed by atoms with E-state index in [1.165, 1.54) is 6.92 Å². The van der Waals surface area contributed by atoms with Crippen LogP contribution in [-0.4, -0.2) is 64.8 Å². The van der Waals surface area contributed by atoms with E-state index in [4.69, 9.17) is 15.6 Å². The van der Waals surface area contributed by atoms with Crippen molar-refractivity contribution in [2.45, 2.75) is 37.6 Å². The first kappa shape index (κ1) is 19.2. The summed E-state index contributed by atoms with van der Waals surface area (Å²) in [5, 5.41) is 27.7. The Morgan fingerprint density at radius 2 is 1.91 bits per heavy atom. The van der Waals surface area contributed by atoms with Crippen molar-refractivity contribution in [1.82, 2.24) is 0 Å². The second-order valence-corrected chi connectivity index (χ2v) is 4.92. The van der Waals surface area contributed by atoms with E-state index in [-0.39, 0.29) is 0 Å². The number of nitrogens with two attached hydrogens (primary N) is 1. The zero-order valence-corrected chi connectivity index (χ0v) is 12.6. The molecule has 0 saturated carbocycles. The van der Waals surface area contributed by atoms with Crippen LogP contribution in [-0.2, 0) is 14.3 Å². The van der Waals surface area contributed by atoms with Gasteiger partial charge in [-0.15, -0.1) is 0 Å². The van der Waals surface area contributed by atoms with Crippen molar-refractivity contribution in [1.29, 1.82) is 0 Å². The average Bonchev–Trinajstić information content (AvgIpc) is 2.56. The van der Waals surface area contributed by atoms with Crippen LogP contribution in [0, 0.1) is 0 Å². The van der Waals surface area contributed by atoms with Crippen LogP contribution in [0.3, 0.4) is 0 Å². The first-order chi connectivity index (χ1) is 10.9. The number of hydrogen-bond donors (Lipinski definition) is 4. The number of hydrogen-bond acceptors (Lipinski definition) is 8. The molecule has 128 valence electrons. The highest BCUT2D eigenvalue weighted by atomic mass is 16.7. The number of carbonyl (C=O) groups excluding carboxylic acids is 2. The monoisotopic (exact) mass is 327 g/mol. The van der Waals surface area contributed by atoms with Crippen LogP contribution in [0.15, 0.2) is 30.3 Å². The van der Waals surface area contributed by atoms with E-state index in [2.05, 4.69) is 4.74 Å². The van der Waals surface area contributed by atoms with Crippen LogP contribution in [0.1, 0.15) is 17.3 Å². The van der Waals surface area contributed by atoms with E-state index in [1.54, 1.807) is 12.1 Å². The fourth-order valence-corrected chi connectivity index (χ4v) is 1.90. The van der Waals surface area contributed by atoms with Gasteiger partial charge in [0, 0.05) is 12.5 Å². The molecule has 1 saturated heterocycles. The maximum Gasteiger partial charge on any atom is 0.304 e. The zero-order valence-electron chi connectivity index (χ0n) is 12.6. The van der Waals surface area contributed by atoms with Crippen LogP contribution < -0.4 is 5.73 Å². The lowest BCUT2D eigenvalue weighted by atomic mass is 9.98. The van der Waals surface area contributed by atoms with Crippen LogP contribution in [0.25, 0.3) is 0 Å². The van der Waals surface area contributed by atoms with Crippen molar-refractivity contribution >= 4 is 12.3 Å². The summed E-state index contributed by atoms with van der Waals surface area (Å²) in [6, 6.07) is 8.06. The molecule has 1 unspecified atom stereocenters. The summed E-state index contributed by atoms with van der Waals surface area (Å²) < 4.78 is 9.70. The van der Waals surface area contributed by atoms with Crippen LogP contribution in [0.4, 0.5) is 0 Å². The molecule has 5 N–H and O–H groups in total. The molecule has 0 aliphatic carbocycles. The van der Waals surface area contributed by atoms with E-state index in [0.717, 1.165) is 11.8 Å². The lowest BCUT2D eigenvalue weighted by Crippen LogP contribution is -2.62. The summed E-state index contributed by atoms with van der Waals surface area (Å²) in [5.41, 5.74) is 6.21. The number of benzene rings is 1. The van der Waals surface area contributed by atoms with E-state index >= 15 is 0 Å². The highest BCUT2D eigenvalue weighted by molar-refractivity contribution is 5.74. The largest absolute Gasteiger partial charge is 0.434 e. The second kappa shape index (κ2) is 9.33. The third-order valence-corrected chi connectivity index (χ3v) is 3.15. The molecular weight excluding hydrogens is 306 g/mol. The summed E-state index contributed by atoms with van der Waals surface area (Å²) in [6.07, 6.45) is -3.93. The van der Waals surface area contributed by atoms with E-state index < -0.39 is 43.2 Å². The smallest absolute Gasteiger partial charge is 0.304 e. The Morgan fingerprint density at radius 3 is 2.35 bits per heavy atom. The number of aldehydes is 1. The third kappa shape index (κ3) is 5.70. The summed E-state index contributed by atoms with van der Waals surface area (Å²) in [6.45, 7) is 0.671. The topological polar surface area (TPSA) is 139 Å². The quantitative estimate of drug-likeness (QED) is 0.402. The molecule has 23 heavy (non-hydrogen) atoms. The van der Waals surface area contributed by atoms with E-state index in [1.807, 2.05) is 18.2 Å². The Kier molecular flexibility index (Phi) is 7.79. The summed E-state index contributed by atoms with van der Waals surface area (Å²) in [4.78, 5) is 20.7. The predicted molar refractivity (Wildman–Crippen MR) is 79.3 cm³/mol. The molecule has 0 bridgehead atoms. The molecule has 5 atom stereocenters. The SMILES string of the molecule is CC(=O)OC1O[C@H](CO)[C@@H](O)[C@H](O)[C@H]1N.O=Cc1ccccc1. The Balaban J connectivity index is 0.000000277. The molecule has 0 radical (unpaired) electrons. The number of aliphatic hydroxyl groups excluding tert-OH is 3. The van der Waals surface area contributed by atoms with Crippen molar-refractivity contribution in [3.63, 3.8) is 0 Å². The summed E-state index contributed by atoms with van der Waals surface area (Å²) in [7, 11) is 0. The molecule has 1 fully saturated rings. The van der Waals surface area contributed by atoms with E-state index in [0.29, 0.717) is 0 Å². The standard InChI is InChI=1S/C8H15NO6.C7H6O/c1-3(11)14-8-5(9)7(13)6(12)4(2-10)15-8;8-6-7-4-2-1-3-5-7/h4-8,10,12-13H,2,9H2,1H3;1-6H/t4-,5-,6-,7-,8?;/m1./s1. The number of esters is 1. The van der Waals surface area contributed by atoms with Crippen LogP contribution in [0.2, 0.25) is 0 Å². The molecule has 0 spiro atoms. The minimum Gasteiger partial charge on any atom is -0.434 e. The van der Waals surface area contributed by atoms with Crippen LogP contribution in [0.5, 0.6) is 0 Å². The molecule has 1 heterocycles. The van der Waals surface area contributed by atoms with Gasteiger partial charge in [0.05, 0.1) is 12.6 Å². The summed E-state index contributed by atoms with van der Waals surface area (Å²) in [5.74, 6) is -0.615. The highest BCUT2D eigenvalue weighted by Gasteiger charge is 2.43. The molecule has 2 rings (SSSR count). The number of rotatable bonds is 3. The van der Waals surface area contributed by atoms with Gasteiger partial charge >= 0.3 is 5.97 Å². The van der Waals surface area contributed by atoms with Crippen molar-refractivity contribution in [3.8, 4) is 0 Å². The lowest BCUT2D eigenvalue weighted by Gasteiger charge is -2.39. The van der Waals surface area contributed by atoms with Gasteiger partial charge < -0.3 is 30.5 Å². The molecule has 1 aliphatic heterocycles. The average molecular weight is 327 g/mol. The third-order valence-electron chi connectivity index (χ3n) is 3.15. The fraction of sp³-hybridized carbons (Fsp3) is 0.467. The Bertz CT molecular complexity index is 494. The molecule has 1 aromatic carbocycles. The minimum atomic E-state index is -1.31. The second-order valence-electron chi connectivity index (χ2n) is 4.92. The van der Waals surface area contributed by atoms with Gasteiger partial charge in [-0.25, -0.2) is 0 Å². The number of carbonyl (C=O) groups is 2. The van der Waals surface area contributed by atoms with Crippen molar-refractivity contribution in [2.75, 3.05) is 6.61 Å². The number of aliphatic hydroxyl groups is 3. The predicted octanol–water partition coefficient (Wildman–Crippen LogP) is -1.19. The molecule has 0 aromatic heterocycles. The maximum absolute atomic E-state index is 10.7. The van der Waals surface area contributed by atoms with Gasteiger partial charge in [0.1, 0.15) is 24.6 Å². The van der Waals surface area contributed by atoms with Crippen LogP contribution >= 0.6 is 0 Å². The Labute approximate surface area is 133 Å². The lowest BCUT2D eigenvalue weighted by molar-refractivity contribution is -0.258. The molecule has 1 aliphatic rings. The van der Waals surface area contributed by atoms with Gasteiger partial charge in [0.2, 0.25) is 6.29 Å². The first-order valence-electron chi connectivity index (χ1n) is 6.96. The molecular formula is C15H21NO7. The Hall–Kier alpha value is -1.84. The molecule has 1 aromatic rings. The van der Waals surface area contributed by atoms with Gasteiger partial charge in [-0.05, 0) is 0 Å². The summed E-state index contributed by atoms with van der Waals surface area (Å²) >= 11 is 0. The first-order valence-corrected chi connectivity index (χ1v) is 6.96.